The number of aryl methyl sites for hydroxylation is 1. The van der Waals surface area contributed by atoms with Crippen molar-refractivity contribution in [3.05, 3.63) is 28.7 Å². The molecule has 3 heterocycles. The van der Waals surface area contributed by atoms with Gasteiger partial charge in [0.1, 0.15) is 16.8 Å². The number of hydrogen-bond acceptors (Lipinski definition) is 8. The number of thiophene rings is 1. The van der Waals surface area contributed by atoms with Gasteiger partial charge in [-0.05, 0) is 39.2 Å². The fourth-order valence-electron chi connectivity index (χ4n) is 2.87. The minimum atomic E-state index is -1.09. The predicted octanol–water partition coefficient (Wildman–Crippen LogP) is 2.56. The Morgan fingerprint density at radius 3 is 2.70 bits per heavy atom. The smallest absolute Gasteiger partial charge is 0.342 e. The van der Waals surface area contributed by atoms with Crippen LogP contribution in [0.2, 0.25) is 0 Å². The maximum Gasteiger partial charge on any atom is 0.342 e. The van der Waals surface area contributed by atoms with Gasteiger partial charge in [-0.3, -0.25) is 9.59 Å². The number of carbonyl (C=O) groups excluding carboxylic acids is 3. The van der Waals surface area contributed by atoms with Crippen LogP contribution in [0.15, 0.2) is 12.7 Å². The number of aromatic amines is 1. The van der Waals surface area contributed by atoms with E-state index in [1.54, 1.807) is 6.92 Å². The fourth-order valence-corrected chi connectivity index (χ4v) is 3.92. The maximum absolute atomic E-state index is 12.8. The molecule has 3 aromatic heterocycles. The van der Waals surface area contributed by atoms with Crippen molar-refractivity contribution in [1.82, 2.24) is 19.9 Å². The van der Waals surface area contributed by atoms with E-state index in [0.717, 1.165) is 23.3 Å². The van der Waals surface area contributed by atoms with Crippen LogP contribution >= 0.6 is 11.3 Å². The monoisotopic (exact) mass is 428 g/mol. The highest BCUT2D eigenvalue weighted by Crippen LogP contribution is 2.36. The van der Waals surface area contributed by atoms with Gasteiger partial charge in [-0.1, -0.05) is 0 Å². The van der Waals surface area contributed by atoms with E-state index < -0.39 is 18.0 Å². The Hall–Kier alpha value is -3.34. The van der Waals surface area contributed by atoms with Gasteiger partial charge in [-0.25, -0.2) is 19.7 Å². The molecular weight excluding hydrogens is 408 g/mol. The van der Waals surface area contributed by atoms with Gasteiger partial charge in [0.25, 0.3) is 5.91 Å². The number of imidazole rings is 1. The molecule has 0 aliphatic heterocycles. The Morgan fingerprint density at radius 1 is 1.20 bits per heavy atom. The molecule has 1 fully saturated rings. The quantitative estimate of drug-likeness (QED) is 0.513. The summed E-state index contributed by atoms with van der Waals surface area (Å²) >= 11 is 1.32. The molecule has 3 N–H and O–H groups in total. The molecule has 0 aromatic carbocycles. The number of rotatable bonds is 6. The third-order valence-corrected chi connectivity index (χ3v) is 6.01. The van der Waals surface area contributed by atoms with Crippen molar-refractivity contribution >= 4 is 51.1 Å². The first-order chi connectivity index (χ1) is 14.3. The number of aromatic nitrogens is 4. The van der Waals surface area contributed by atoms with Crippen LogP contribution in [0, 0.1) is 19.8 Å². The molecule has 1 saturated carbocycles. The minimum absolute atomic E-state index is 0.00784. The van der Waals surface area contributed by atoms with Crippen molar-refractivity contribution in [3.63, 3.8) is 0 Å². The summed E-state index contributed by atoms with van der Waals surface area (Å²) in [5.41, 5.74) is 1.88. The molecule has 0 unspecified atom stereocenters. The Bertz CT molecular complexity index is 1150. The zero-order chi connectivity index (χ0) is 21.4. The molecule has 3 aromatic rings. The number of hydrogen-bond donors (Lipinski definition) is 3. The van der Waals surface area contributed by atoms with Crippen LogP contribution in [0.4, 0.5) is 10.8 Å². The summed E-state index contributed by atoms with van der Waals surface area (Å²) in [7, 11) is 0. The Kier molecular flexibility index (Phi) is 5.20. The highest BCUT2D eigenvalue weighted by atomic mass is 32.1. The van der Waals surface area contributed by atoms with Crippen molar-refractivity contribution in [2.45, 2.75) is 39.7 Å². The number of carbonyl (C=O) groups is 3. The average Bonchev–Trinajstić information content (AvgIpc) is 3.38. The van der Waals surface area contributed by atoms with Crippen LogP contribution in [0.25, 0.3) is 11.2 Å². The largest absolute Gasteiger partial charge is 0.449 e. The summed E-state index contributed by atoms with van der Waals surface area (Å²) in [6, 6.07) is 0. The number of H-pyrrole nitrogens is 1. The van der Waals surface area contributed by atoms with E-state index >= 15 is 0 Å². The lowest BCUT2D eigenvalue weighted by Gasteiger charge is -2.14. The summed E-state index contributed by atoms with van der Waals surface area (Å²) in [5, 5.41) is 5.89. The van der Waals surface area contributed by atoms with Gasteiger partial charge in [0.2, 0.25) is 5.91 Å². The lowest BCUT2D eigenvalue weighted by molar-refractivity contribution is -0.123. The van der Waals surface area contributed by atoms with Crippen molar-refractivity contribution in [2.75, 3.05) is 10.6 Å². The van der Waals surface area contributed by atoms with Gasteiger partial charge in [0.15, 0.2) is 17.6 Å². The van der Waals surface area contributed by atoms with Crippen molar-refractivity contribution < 1.29 is 19.1 Å². The highest BCUT2D eigenvalue weighted by molar-refractivity contribution is 7.16. The van der Waals surface area contributed by atoms with E-state index in [0.29, 0.717) is 16.2 Å². The van der Waals surface area contributed by atoms with E-state index in [-0.39, 0.29) is 23.2 Å². The third kappa shape index (κ3) is 3.88. The molecule has 1 atom stereocenters. The second kappa shape index (κ2) is 7.82. The number of amides is 2. The number of esters is 1. The first kappa shape index (κ1) is 20.0. The van der Waals surface area contributed by atoms with Crippen LogP contribution < -0.4 is 10.6 Å². The van der Waals surface area contributed by atoms with E-state index in [4.69, 9.17) is 4.74 Å². The summed E-state index contributed by atoms with van der Waals surface area (Å²) < 4.78 is 5.39. The Labute approximate surface area is 175 Å². The van der Waals surface area contributed by atoms with Gasteiger partial charge in [0.05, 0.1) is 11.9 Å². The zero-order valence-electron chi connectivity index (χ0n) is 16.6. The lowest BCUT2D eigenvalue weighted by Crippen LogP contribution is -2.30. The molecule has 0 bridgehead atoms. The normalized spacial score (nSPS) is 14.4. The summed E-state index contributed by atoms with van der Waals surface area (Å²) in [6.45, 7) is 5.12. The van der Waals surface area contributed by atoms with Gasteiger partial charge in [-0.15, -0.1) is 11.3 Å². The standard InChI is InChI=1S/C19H20N6O4S/c1-8-10(3)30-18(25-17(27)11-4-5-11)12(8)19(28)29-9(2)16(26)24-15-13-14(21-6-20-13)22-7-23-15/h6-7,9,11H,4-5H2,1-3H3,(H,25,27)(H2,20,21,22,23,24,26)/t9-/m1/s1. The van der Waals surface area contributed by atoms with Crippen LogP contribution in [-0.2, 0) is 14.3 Å². The summed E-state index contributed by atoms with van der Waals surface area (Å²) in [5.74, 6) is -1.06. The Balaban J connectivity index is 1.47. The van der Waals surface area contributed by atoms with Gasteiger partial charge < -0.3 is 20.4 Å². The SMILES string of the molecule is Cc1sc(NC(=O)C2CC2)c(C(=O)O[C@H](C)C(=O)Nc2ncnc3nc[nH]c23)c1C. The average molecular weight is 428 g/mol. The van der Waals surface area contributed by atoms with Gasteiger partial charge in [0, 0.05) is 10.8 Å². The number of fused-ring (bicyclic) bond motifs is 1. The second-order valence-electron chi connectivity index (χ2n) is 7.11. The topological polar surface area (TPSA) is 139 Å². The molecule has 30 heavy (non-hydrogen) atoms. The first-order valence-electron chi connectivity index (χ1n) is 9.42. The van der Waals surface area contributed by atoms with Crippen molar-refractivity contribution in [2.24, 2.45) is 5.92 Å². The Morgan fingerprint density at radius 2 is 1.97 bits per heavy atom. The molecule has 0 spiro atoms. The van der Waals surface area contributed by atoms with Crippen LogP contribution in [0.1, 0.15) is 40.6 Å². The molecule has 156 valence electrons. The molecule has 11 heteroatoms. The van der Waals surface area contributed by atoms with Crippen LogP contribution in [-0.4, -0.2) is 43.8 Å². The fraction of sp³-hybridized carbons (Fsp3) is 0.368. The first-order valence-corrected chi connectivity index (χ1v) is 10.2. The number of nitrogens with zero attached hydrogens (tertiary/aromatic N) is 3. The van der Waals surface area contributed by atoms with E-state index in [2.05, 4.69) is 30.6 Å². The molecule has 4 rings (SSSR count). The number of ether oxygens (including phenoxy) is 1. The molecule has 0 radical (unpaired) electrons. The summed E-state index contributed by atoms with van der Waals surface area (Å²) in [6.07, 6.45) is 3.36. The van der Waals surface area contributed by atoms with Crippen LogP contribution in [0.3, 0.4) is 0 Å². The second-order valence-corrected chi connectivity index (χ2v) is 8.34. The highest BCUT2D eigenvalue weighted by Gasteiger charge is 2.32. The molecule has 1 aliphatic carbocycles. The molecule has 2 amide bonds. The molecule has 0 saturated heterocycles. The van der Waals surface area contributed by atoms with Gasteiger partial charge in [-0.2, -0.15) is 0 Å². The molecular formula is C19H20N6O4S. The van der Waals surface area contributed by atoms with Gasteiger partial charge >= 0.3 is 5.97 Å². The van der Waals surface area contributed by atoms with E-state index in [1.165, 1.54) is 30.9 Å². The number of anilines is 2. The van der Waals surface area contributed by atoms with Crippen molar-refractivity contribution in [3.8, 4) is 0 Å². The lowest BCUT2D eigenvalue weighted by atomic mass is 10.1. The zero-order valence-corrected chi connectivity index (χ0v) is 17.4. The van der Waals surface area contributed by atoms with Crippen LogP contribution in [0.5, 0.6) is 0 Å². The molecule has 10 nitrogen and oxygen atoms in total. The third-order valence-electron chi connectivity index (χ3n) is 4.89. The van der Waals surface area contributed by atoms with E-state index in [1.807, 2.05) is 6.92 Å². The molecule has 1 aliphatic rings. The predicted molar refractivity (Wildman–Crippen MR) is 110 cm³/mol. The minimum Gasteiger partial charge on any atom is -0.449 e. The van der Waals surface area contributed by atoms with E-state index in [9.17, 15) is 14.4 Å². The van der Waals surface area contributed by atoms with Crippen molar-refractivity contribution in [1.29, 1.82) is 0 Å². The number of nitrogens with one attached hydrogen (secondary N) is 3. The maximum atomic E-state index is 12.8. The summed E-state index contributed by atoms with van der Waals surface area (Å²) in [4.78, 5) is 53.3.